The standard InChI is InChI=1S/C18H17N3OS/c1-20-9-10-22-18-11-14(5-6-17(18)20)21(23)16-4-2-3-13-12-19-8-7-15(13)16/h2-8,11-12,23H,9-10H2,1H3. The average molecular weight is 323 g/mol. The zero-order chi connectivity index (χ0) is 15.8. The second kappa shape index (κ2) is 5.66. The van der Waals surface area contributed by atoms with Crippen LogP contribution in [0.5, 0.6) is 5.75 Å². The van der Waals surface area contributed by atoms with E-state index in [1.807, 2.05) is 28.7 Å². The molecular formula is C18H17N3OS. The summed E-state index contributed by atoms with van der Waals surface area (Å²) >= 11 is 4.72. The summed E-state index contributed by atoms with van der Waals surface area (Å²) in [5, 5.41) is 2.21. The lowest BCUT2D eigenvalue weighted by molar-refractivity contribution is 0.311. The average Bonchev–Trinajstić information content (AvgIpc) is 2.60. The van der Waals surface area contributed by atoms with Gasteiger partial charge < -0.3 is 9.64 Å². The molecule has 0 fully saturated rings. The highest BCUT2D eigenvalue weighted by Crippen LogP contribution is 2.39. The second-order valence-electron chi connectivity index (χ2n) is 5.61. The molecule has 23 heavy (non-hydrogen) atoms. The van der Waals surface area contributed by atoms with Crippen LogP contribution in [-0.2, 0) is 0 Å². The minimum Gasteiger partial charge on any atom is -0.489 e. The van der Waals surface area contributed by atoms with Crippen LogP contribution < -0.4 is 13.9 Å². The Morgan fingerprint density at radius 3 is 3.04 bits per heavy atom. The van der Waals surface area contributed by atoms with E-state index in [9.17, 15) is 0 Å². The highest BCUT2D eigenvalue weighted by atomic mass is 32.1. The summed E-state index contributed by atoms with van der Waals surface area (Å²) in [5.74, 6) is 0.900. The molecule has 0 amide bonds. The first-order valence-corrected chi connectivity index (χ1v) is 7.94. The van der Waals surface area contributed by atoms with Gasteiger partial charge in [-0.1, -0.05) is 24.9 Å². The van der Waals surface area contributed by atoms with Gasteiger partial charge in [-0.15, -0.1) is 0 Å². The van der Waals surface area contributed by atoms with Gasteiger partial charge in [0.2, 0.25) is 0 Å². The number of nitrogens with zero attached hydrogens (tertiary/aromatic N) is 3. The van der Waals surface area contributed by atoms with Crippen molar-refractivity contribution < 1.29 is 4.74 Å². The molecule has 1 aliphatic heterocycles. The van der Waals surface area contributed by atoms with Gasteiger partial charge in [0.25, 0.3) is 0 Å². The number of thiol groups is 1. The lowest BCUT2D eigenvalue weighted by atomic mass is 10.1. The number of hydrogen-bond acceptors (Lipinski definition) is 5. The molecule has 3 aromatic rings. The molecule has 0 N–H and O–H groups in total. The number of pyridine rings is 1. The number of ether oxygens (including phenoxy) is 1. The Labute approximate surface area is 140 Å². The van der Waals surface area contributed by atoms with Crippen LogP contribution in [0.2, 0.25) is 0 Å². The van der Waals surface area contributed by atoms with Gasteiger partial charge in [0.05, 0.1) is 23.6 Å². The third-order valence-electron chi connectivity index (χ3n) is 4.17. The molecule has 0 spiro atoms. The fraction of sp³-hybridized carbons (Fsp3) is 0.167. The van der Waals surface area contributed by atoms with Crippen molar-refractivity contribution in [3.8, 4) is 5.75 Å². The Kier molecular flexibility index (Phi) is 3.50. The third kappa shape index (κ3) is 2.47. The Hall–Kier alpha value is -2.40. The fourth-order valence-corrected chi connectivity index (χ4v) is 3.21. The van der Waals surface area contributed by atoms with E-state index in [0.717, 1.165) is 40.1 Å². The smallest absolute Gasteiger partial charge is 0.144 e. The molecule has 0 atom stereocenters. The molecule has 2 heterocycles. The lowest BCUT2D eigenvalue weighted by Gasteiger charge is -2.29. The molecule has 1 aliphatic rings. The fourth-order valence-electron chi connectivity index (χ4n) is 2.91. The largest absolute Gasteiger partial charge is 0.489 e. The molecular weight excluding hydrogens is 306 g/mol. The number of aromatic nitrogens is 1. The molecule has 116 valence electrons. The molecule has 0 radical (unpaired) electrons. The first-order valence-electron chi connectivity index (χ1n) is 7.54. The number of benzene rings is 2. The number of rotatable bonds is 2. The van der Waals surface area contributed by atoms with Crippen molar-refractivity contribution in [2.45, 2.75) is 0 Å². The van der Waals surface area contributed by atoms with Crippen LogP contribution in [0.4, 0.5) is 17.1 Å². The molecule has 4 nitrogen and oxygen atoms in total. The molecule has 2 aromatic carbocycles. The van der Waals surface area contributed by atoms with Gasteiger partial charge in [0, 0.05) is 36.3 Å². The van der Waals surface area contributed by atoms with E-state index < -0.39 is 0 Å². The second-order valence-corrected chi connectivity index (χ2v) is 6.01. The number of fused-ring (bicyclic) bond motifs is 2. The highest BCUT2D eigenvalue weighted by molar-refractivity contribution is 7.82. The van der Waals surface area contributed by atoms with Gasteiger partial charge in [0.1, 0.15) is 12.4 Å². The predicted molar refractivity (Wildman–Crippen MR) is 98.1 cm³/mol. The van der Waals surface area contributed by atoms with Crippen LogP contribution >= 0.6 is 12.8 Å². The van der Waals surface area contributed by atoms with Gasteiger partial charge in [-0.3, -0.25) is 9.29 Å². The SMILES string of the molecule is CN1CCOc2cc(N(S)c3cccc4cnccc34)ccc21. The third-order valence-corrected chi connectivity index (χ3v) is 4.62. The Bertz CT molecular complexity index is 863. The van der Waals surface area contributed by atoms with Crippen LogP contribution in [0.3, 0.4) is 0 Å². The summed E-state index contributed by atoms with van der Waals surface area (Å²) < 4.78 is 7.69. The van der Waals surface area contributed by atoms with Crippen molar-refractivity contribution in [2.75, 3.05) is 29.4 Å². The molecule has 0 saturated heterocycles. The van der Waals surface area contributed by atoms with Crippen molar-refractivity contribution in [1.82, 2.24) is 4.98 Å². The van der Waals surface area contributed by atoms with E-state index in [0.29, 0.717) is 6.61 Å². The molecule has 0 bridgehead atoms. The topological polar surface area (TPSA) is 28.6 Å². The van der Waals surface area contributed by atoms with E-state index in [4.69, 9.17) is 17.6 Å². The monoisotopic (exact) mass is 323 g/mol. The van der Waals surface area contributed by atoms with Crippen molar-refractivity contribution in [3.05, 3.63) is 54.9 Å². The molecule has 1 aromatic heterocycles. The predicted octanol–water partition coefficient (Wildman–Crippen LogP) is 4.05. The number of hydrogen-bond donors (Lipinski definition) is 1. The normalized spacial score (nSPS) is 13.6. The minimum atomic E-state index is 0.708. The van der Waals surface area contributed by atoms with Crippen molar-refractivity contribution in [2.24, 2.45) is 0 Å². The molecule has 0 aliphatic carbocycles. The quantitative estimate of drug-likeness (QED) is 0.720. The van der Waals surface area contributed by atoms with Crippen LogP contribution in [0.15, 0.2) is 54.9 Å². The summed E-state index contributed by atoms with van der Waals surface area (Å²) in [7, 11) is 2.08. The van der Waals surface area contributed by atoms with Crippen LogP contribution in [-0.4, -0.2) is 25.2 Å². The van der Waals surface area contributed by atoms with Crippen molar-refractivity contribution in [1.29, 1.82) is 0 Å². The number of anilines is 3. The van der Waals surface area contributed by atoms with E-state index in [1.54, 1.807) is 6.20 Å². The van der Waals surface area contributed by atoms with E-state index >= 15 is 0 Å². The van der Waals surface area contributed by atoms with E-state index in [1.165, 1.54) is 0 Å². The van der Waals surface area contributed by atoms with Gasteiger partial charge in [-0.25, -0.2) is 0 Å². The maximum absolute atomic E-state index is 5.80. The summed E-state index contributed by atoms with van der Waals surface area (Å²) in [4.78, 5) is 6.39. The first kappa shape index (κ1) is 14.2. The van der Waals surface area contributed by atoms with Crippen LogP contribution in [0, 0.1) is 0 Å². The Morgan fingerprint density at radius 2 is 2.13 bits per heavy atom. The van der Waals surface area contributed by atoms with Crippen LogP contribution in [0.1, 0.15) is 0 Å². The molecule has 0 unspecified atom stereocenters. The van der Waals surface area contributed by atoms with E-state index in [2.05, 4.69) is 41.2 Å². The van der Waals surface area contributed by atoms with Gasteiger partial charge in [-0.05, 0) is 24.3 Å². The molecule has 0 saturated carbocycles. The Balaban J connectivity index is 1.78. The van der Waals surface area contributed by atoms with Gasteiger partial charge in [0.15, 0.2) is 0 Å². The van der Waals surface area contributed by atoms with Crippen molar-refractivity contribution in [3.63, 3.8) is 0 Å². The van der Waals surface area contributed by atoms with Gasteiger partial charge >= 0.3 is 0 Å². The highest BCUT2D eigenvalue weighted by Gasteiger charge is 2.17. The van der Waals surface area contributed by atoms with Crippen molar-refractivity contribution >= 4 is 40.6 Å². The summed E-state index contributed by atoms with van der Waals surface area (Å²) in [6, 6.07) is 14.3. The maximum Gasteiger partial charge on any atom is 0.144 e. The zero-order valence-electron chi connectivity index (χ0n) is 12.8. The van der Waals surface area contributed by atoms with E-state index in [-0.39, 0.29) is 0 Å². The summed E-state index contributed by atoms with van der Waals surface area (Å²) in [5.41, 5.74) is 3.12. The maximum atomic E-state index is 5.80. The summed E-state index contributed by atoms with van der Waals surface area (Å²) in [6.07, 6.45) is 3.67. The molecule has 4 rings (SSSR count). The zero-order valence-corrected chi connectivity index (χ0v) is 13.7. The first-order chi connectivity index (χ1) is 11.2. The molecule has 5 heteroatoms. The lowest BCUT2D eigenvalue weighted by Crippen LogP contribution is -2.28. The minimum absolute atomic E-state index is 0.708. The Morgan fingerprint density at radius 1 is 1.22 bits per heavy atom. The number of likely N-dealkylation sites (N-methyl/N-ethyl adjacent to an activating group) is 1. The van der Waals surface area contributed by atoms with Gasteiger partial charge in [-0.2, -0.15) is 0 Å². The summed E-state index contributed by atoms with van der Waals surface area (Å²) in [6.45, 7) is 1.62. The van der Waals surface area contributed by atoms with Crippen LogP contribution in [0.25, 0.3) is 10.8 Å².